The predicted molar refractivity (Wildman–Crippen MR) is 112 cm³/mol. The lowest BCUT2D eigenvalue weighted by Crippen LogP contribution is -2.12. The molecule has 0 saturated carbocycles. The maximum absolute atomic E-state index is 12.3. The van der Waals surface area contributed by atoms with Gasteiger partial charge in [0, 0.05) is 17.7 Å². The second kappa shape index (κ2) is 7.69. The van der Waals surface area contributed by atoms with Gasteiger partial charge in [0.15, 0.2) is 5.58 Å². The molecule has 4 nitrogen and oxygen atoms in total. The Morgan fingerprint density at radius 2 is 1.79 bits per heavy atom. The molecule has 0 fully saturated rings. The molecule has 0 bridgehead atoms. The van der Waals surface area contributed by atoms with Crippen molar-refractivity contribution in [2.75, 3.05) is 5.32 Å². The molecule has 0 aliphatic heterocycles. The highest BCUT2D eigenvalue weighted by Crippen LogP contribution is 2.25. The first kappa shape index (κ1) is 18.0. The maximum atomic E-state index is 12.3. The van der Waals surface area contributed by atoms with E-state index in [1.165, 1.54) is 16.7 Å². The zero-order chi connectivity index (χ0) is 19.5. The van der Waals surface area contributed by atoms with Crippen LogP contribution in [0.3, 0.4) is 0 Å². The van der Waals surface area contributed by atoms with Gasteiger partial charge in [-0.15, -0.1) is 0 Å². The van der Waals surface area contributed by atoms with Crippen molar-refractivity contribution in [2.45, 2.75) is 26.7 Å². The molecule has 4 aromatic rings. The van der Waals surface area contributed by atoms with Crippen LogP contribution in [0, 0.1) is 13.8 Å². The van der Waals surface area contributed by atoms with Gasteiger partial charge in [-0.2, -0.15) is 0 Å². The number of anilines is 1. The van der Waals surface area contributed by atoms with Gasteiger partial charge in [0.25, 0.3) is 0 Å². The molecule has 0 saturated heterocycles. The molecule has 0 radical (unpaired) electrons. The van der Waals surface area contributed by atoms with E-state index >= 15 is 0 Å². The Labute approximate surface area is 164 Å². The summed E-state index contributed by atoms with van der Waals surface area (Å²) in [6, 6.07) is 21.6. The standard InChI is InChI=1S/C24H22N2O2/c1-16-7-8-18(17(2)15-16)11-14-23(27)25-20-12-9-19(10-13-20)24-26-21-5-3-4-6-22(21)28-24/h3-10,12-13,15H,11,14H2,1-2H3,(H,25,27). The molecule has 1 amide bonds. The molecule has 0 atom stereocenters. The smallest absolute Gasteiger partial charge is 0.227 e. The van der Waals surface area contributed by atoms with E-state index in [2.05, 4.69) is 42.3 Å². The maximum Gasteiger partial charge on any atom is 0.227 e. The van der Waals surface area contributed by atoms with Crippen molar-refractivity contribution < 1.29 is 9.21 Å². The predicted octanol–water partition coefficient (Wildman–Crippen LogP) is 5.68. The number of carbonyl (C=O) groups excluding carboxylic acids is 1. The van der Waals surface area contributed by atoms with Crippen LogP contribution in [-0.4, -0.2) is 10.9 Å². The average Bonchev–Trinajstić information content (AvgIpc) is 3.12. The molecule has 4 rings (SSSR count). The Morgan fingerprint density at radius 1 is 1.00 bits per heavy atom. The van der Waals surface area contributed by atoms with Crippen molar-refractivity contribution in [3.05, 3.63) is 83.4 Å². The van der Waals surface area contributed by atoms with Crippen LogP contribution in [0.2, 0.25) is 0 Å². The number of benzene rings is 3. The summed E-state index contributed by atoms with van der Waals surface area (Å²) < 4.78 is 5.78. The van der Waals surface area contributed by atoms with E-state index in [0.717, 1.165) is 28.8 Å². The Kier molecular flexibility index (Phi) is 4.94. The summed E-state index contributed by atoms with van der Waals surface area (Å²) in [5.74, 6) is 0.587. The van der Waals surface area contributed by atoms with Crippen molar-refractivity contribution in [2.24, 2.45) is 0 Å². The van der Waals surface area contributed by atoms with E-state index in [9.17, 15) is 4.79 Å². The highest BCUT2D eigenvalue weighted by atomic mass is 16.3. The number of amides is 1. The van der Waals surface area contributed by atoms with Crippen LogP contribution in [0.5, 0.6) is 0 Å². The minimum Gasteiger partial charge on any atom is -0.436 e. The zero-order valence-corrected chi connectivity index (χ0v) is 16.0. The van der Waals surface area contributed by atoms with Crippen LogP contribution < -0.4 is 5.32 Å². The topological polar surface area (TPSA) is 55.1 Å². The van der Waals surface area contributed by atoms with Crippen LogP contribution >= 0.6 is 0 Å². The van der Waals surface area contributed by atoms with Gasteiger partial charge in [0.2, 0.25) is 11.8 Å². The van der Waals surface area contributed by atoms with Gasteiger partial charge in [0.05, 0.1) is 0 Å². The lowest BCUT2D eigenvalue weighted by atomic mass is 10.0. The zero-order valence-electron chi connectivity index (χ0n) is 16.0. The monoisotopic (exact) mass is 370 g/mol. The van der Waals surface area contributed by atoms with Gasteiger partial charge in [-0.3, -0.25) is 4.79 Å². The number of aryl methyl sites for hydroxylation is 3. The minimum atomic E-state index is 0.00888. The number of fused-ring (bicyclic) bond motifs is 1. The van der Waals surface area contributed by atoms with Crippen LogP contribution in [0.1, 0.15) is 23.1 Å². The highest BCUT2D eigenvalue weighted by molar-refractivity contribution is 5.91. The first-order valence-corrected chi connectivity index (χ1v) is 9.40. The molecule has 1 heterocycles. The molecule has 140 valence electrons. The van der Waals surface area contributed by atoms with Crippen molar-refractivity contribution in [1.29, 1.82) is 0 Å². The summed E-state index contributed by atoms with van der Waals surface area (Å²) >= 11 is 0. The minimum absolute atomic E-state index is 0.00888. The highest BCUT2D eigenvalue weighted by Gasteiger charge is 2.09. The molecular weight excluding hydrogens is 348 g/mol. The fourth-order valence-corrected chi connectivity index (χ4v) is 3.29. The van der Waals surface area contributed by atoms with Crippen molar-refractivity contribution in [3.8, 4) is 11.5 Å². The van der Waals surface area contributed by atoms with Gasteiger partial charge in [-0.05, 0) is 67.8 Å². The normalized spacial score (nSPS) is 10.9. The van der Waals surface area contributed by atoms with E-state index in [4.69, 9.17) is 4.42 Å². The molecule has 28 heavy (non-hydrogen) atoms. The van der Waals surface area contributed by atoms with Gasteiger partial charge >= 0.3 is 0 Å². The van der Waals surface area contributed by atoms with Crippen LogP contribution in [0.25, 0.3) is 22.6 Å². The third-order valence-electron chi connectivity index (χ3n) is 4.83. The summed E-state index contributed by atoms with van der Waals surface area (Å²) in [7, 11) is 0. The Bertz CT molecular complexity index is 1090. The second-order valence-corrected chi connectivity index (χ2v) is 7.04. The SMILES string of the molecule is Cc1ccc(CCC(=O)Nc2ccc(-c3nc4ccccc4o3)cc2)c(C)c1. The summed E-state index contributed by atoms with van der Waals surface area (Å²) in [5, 5.41) is 2.96. The molecule has 0 unspecified atom stereocenters. The van der Waals surface area contributed by atoms with Crippen LogP contribution in [0.4, 0.5) is 5.69 Å². The fourth-order valence-electron chi connectivity index (χ4n) is 3.29. The lowest BCUT2D eigenvalue weighted by Gasteiger charge is -2.08. The number of carbonyl (C=O) groups is 1. The number of oxazole rings is 1. The van der Waals surface area contributed by atoms with Crippen molar-refractivity contribution in [3.63, 3.8) is 0 Å². The van der Waals surface area contributed by atoms with E-state index in [-0.39, 0.29) is 5.91 Å². The second-order valence-electron chi connectivity index (χ2n) is 7.04. The Morgan fingerprint density at radius 3 is 2.54 bits per heavy atom. The van der Waals surface area contributed by atoms with Crippen LogP contribution in [-0.2, 0) is 11.2 Å². The van der Waals surface area contributed by atoms with E-state index in [1.54, 1.807) is 0 Å². The number of hydrogen-bond donors (Lipinski definition) is 1. The molecule has 0 spiro atoms. The van der Waals surface area contributed by atoms with Gasteiger partial charge in [-0.25, -0.2) is 4.98 Å². The molecule has 1 N–H and O–H groups in total. The summed E-state index contributed by atoms with van der Waals surface area (Å²) in [6.07, 6.45) is 1.19. The molecule has 0 aliphatic rings. The largest absolute Gasteiger partial charge is 0.436 e. The van der Waals surface area contributed by atoms with Crippen molar-refractivity contribution in [1.82, 2.24) is 4.98 Å². The fraction of sp³-hybridized carbons (Fsp3) is 0.167. The van der Waals surface area contributed by atoms with Crippen LogP contribution in [0.15, 0.2) is 71.1 Å². The number of hydrogen-bond acceptors (Lipinski definition) is 3. The molecule has 4 heteroatoms. The molecule has 1 aromatic heterocycles. The van der Waals surface area contributed by atoms with E-state index < -0.39 is 0 Å². The average molecular weight is 370 g/mol. The van der Waals surface area contributed by atoms with Crippen molar-refractivity contribution >= 4 is 22.7 Å². The quantitative estimate of drug-likeness (QED) is 0.491. The number of aromatic nitrogens is 1. The molecule has 0 aliphatic carbocycles. The Balaban J connectivity index is 1.39. The van der Waals surface area contributed by atoms with Gasteiger partial charge in [0.1, 0.15) is 5.52 Å². The number of nitrogens with one attached hydrogen (secondary N) is 1. The third kappa shape index (κ3) is 3.96. The summed E-state index contributed by atoms with van der Waals surface area (Å²) in [4.78, 5) is 16.8. The molecule has 3 aromatic carbocycles. The van der Waals surface area contributed by atoms with Gasteiger partial charge in [-0.1, -0.05) is 35.9 Å². The third-order valence-corrected chi connectivity index (χ3v) is 4.83. The first-order valence-electron chi connectivity index (χ1n) is 9.40. The van der Waals surface area contributed by atoms with E-state index in [1.807, 2.05) is 48.5 Å². The number of rotatable bonds is 5. The lowest BCUT2D eigenvalue weighted by molar-refractivity contribution is -0.116. The first-order chi connectivity index (χ1) is 13.6. The Hall–Kier alpha value is -3.40. The number of para-hydroxylation sites is 2. The molecular formula is C24H22N2O2. The van der Waals surface area contributed by atoms with Gasteiger partial charge < -0.3 is 9.73 Å². The summed E-state index contributed by atoms with van der Waals surface area (Å²) in [5.41, 5.74) is 6.94. The summed E-state index contributed by atoms with van der Waals surface area (Å²) in [6.45, 7) is 4.17. The van der Waals surface area contributed by atoms with E-state index in [0.29, 0.717) is 12.3 Å². The number of nitrogens with zero attached hydrogens (tertiary/aromatic N) is 1.